The molecule has 0 bridgehead atoms. The molecule has 4 N–H and O–H groups in total. The zero-order valence-electron chi connectivity index (χ0n) is 12.4. The Morgan fingerprint density at radius 2 is 1.55 bits per heavy atom. The highest BCUT2D eigenvalue weighted by molar-refractivity contribution is 5.94. The molecular weight excluding hydrogens is 278 g/mol. The lowest BCUT2D eigenvalue weighted by Crippen LogP contribution is -2.21. The average molecular weight is 297 g/mol. The van der Waals surface area contributed by atoms with Crippen LogP contribution in [0.15, 0.2) is 48.5 Å². The zero-order chi connectivity index (χ0) is 15.9. The molecular formula is C17H19N3O2. The molecule has 0 fully saturated rings. The number of carbonyl (C=O) groups is 2. The molecule has 0 aliphatic carbocycles. The van der Waals surface area contributed by atoms with E-state index in [9.17, 15) is 9.59 Å². The number of aryl methyl sites for hydroxylation is 1. The maximum atomic E-state index is 11.9. The molecule has 114 valence electrons. The Morgan fingerprint density at radius 1 is 0.955 bits per heavy atom. The molecule has 2 aromatic carbocycles. The smallest absolute Gasteiger partial charge is 0.248 e. The van der Waals surface area contributed by atoms with Crippen molar-refractivity contribution >= 4 is 23.2 Å². The highest BCUT2D eigenvalue weighted by Gasteiger charge is 2.03. The van der Waals surface area contributed by atoms with Crippen LogP contribution >= 0.6 is 0 Å². The third kappa shape index (κ3) is 4.34. The number of anilines is 2. The molecule has 0 aliphatic rings. The van der Waals surface area contributed by atoms with Crippen LogP contribution in [-0.2, 0) is 11.2 Å². The molecule has 0 aliphatic heterocycles. The fourth-order valence-corrected chi connectivity index (χ4v) is 1.96. The molecule has 0 saturated carbocycles. The lowest BCUT2D eigenvalue weighted by atomic mass is 10.1. The topological polar surface area (TPSA) is 84.2 Å². The van der Waals surface area contributed by atoms with Gasteiger partial charge in [0.05, 0.1) is 6.54 Å². The number of hydrogen-bond acceptors (Lipinski definition) is 3. The Balaban J connectivity index is 1.85. The summed E-state index contributed by atoms with van der Waals surface area (Å²) in [5, 5.41) is 5.81. The fraction of sp³-hybridized carbons (Fsp3) is 0.176. The van der Waals surface area contributed by atoms with Crippen molar-refractivity contribution in [3.8, 4) is 0 Å². The second-order valence-corrected chi connectivity index (χ2v) is 4.89. The number of rotatable bonds is 6. The maximum Gasteiger partial charge on any atom is 0.248 e. The number of hydrogen-bond donors (Lipinski definition) is 3. The third-order valence-corrected chi connectivity index (χ3v) is 3.27. The van der Waals surface area contributed by atoms with Crippen LogP contribution in [0, 0.1) is 0 Å². The number of amides is 2. The highest BCUT2D eigenvalue weighted by atomic mass is 16.2. The first-order valence-corrected chi connectivity index (χ1v) is 7.11. The minimum absolute atomic E-state index is 0.136. The second-order valence-electron chi connectivity index (χ2n) is 4.89. The SMILES string of the molecule is CCc1ccc(NC(=O)CNc2ccc(C(N)=O)cc2)cc1. The van der Waals surface area contributed by atoms with Gasteiger partial charge in [0.2, 0.25) is 11.8 Å². The first-order valence-electron chi connectivity index (χ1n) is 7.11. The molecule has 0 aromatic heterocycles. The Labute approximate surface area is 129 Å². The van der Waals surface area contributed by atoms with Gasteiger partial charge >= 0.3 is 0 Å². The number of nitrogens with two attached hydrogens (primary N) is 1. The average Bonchev–Trinajstić information content (AvgIpc) is 2.54. The summed E-state index contributed by atoms with van der Waals surface area (Å²) < 4.78 is 0. The summed E-state index contributed by atoms with van der Waals surface area (Å²) in [6.45, 7) is 2.23. The van der Waals surface area contributed by atoms with Crippen molar-refractivity contribution in [3.05, 3.63) is 59.7 Å². The van der Waals surface area contributed by atoms with Crippen molar-refractivity contribution < 1.29 is 9.59 Å². The van der Waals surface area contributed by atoms with Crippen molar-refractivity contribution in [1.82, 2.24) is 0 Å². The Morgan fingerprint density at radius 3 is 2.09 bits per heavy atom. The molecule has 0 atom stereocenters. The van der Waals surface area contributed by atoms with Crippen molar-refractivity contribution in [2.45, 2.75) is 13.3 Å². The lowest BCUT2D eigenvalue weighted by molar-refractivity contribution is -0.114. The van der Waals surface area contributed by atoms with Gasteiger partial charge in [-0.3, -0.25) is 9.59 Å². The molecule has 2 amide bonds. The summed E-state index contributed by atoms with van der Waals surface area (Å²) in [6, 6.07) is 14.4. The molecule has 0 heterocycles. The summed E-state index contributed by atoms with van der Waals surface area (Å²) in [5.74, 6) is -0.608. The largest absolute Gasteiger partial charge is 0.376 e. The lowest BCUT2D eigenvalue weighted by Gasteiger charge is -2.08. The predicted octanol–water partition coefficient (Wildman–Crippen LogP) is 2.40. The molecule has 0 spiro atoms. The van der Waals surface area contributed by atoms with Crippen LogP contribution in [0.5, 0.6) is 0 Å². The summed E-state index contributed by atoms with van der Waals surface area (Å²) in [4.78, 5) is 22.8. The Bertz CT molecular complexity index is 649. The van der Waals surface area contributed by atoms with E-state index in [0.717, 1.165) is 17.8 Å². The maximum absolute atomic E-state index is 11.9. The van der Waals surface area contributed by atoms with Gasteiger partial charge in [-0.2, -0.15) is 0 Å². The molecule has 22 heavy (non-hydrogen) atoms. The van der Waals surface area contributed by atoms with Gasteiger partial charge in [-0.15, -0.1) is 0 Å². The first-order chi connectivity index (χ1) is 10.6. The number of benzene rings is 2. The number of nitrogens with one attached hydrogen (secondary N) is 2. The van der Waals surface area contributed by atoms with Gasteiger partial charge in [-0.1, -0.05) is 19.1 Å². The van der Waals surface area contributed by atoms with Crippen LogP contribution in [0.3, 0.4) is 0 Å². The van der Waals surface area contributed by atoms with E-state index in [0.29, 0.717) is 5.56 Å². The summed E-state index contributed by atoms with van der Waals surface area (Å²) in [6.07, 6.45) is 0.969. The fourth-order valence-electron chi connectivity index (χ4n) is 1.96. The third-order valence-electron chi connectivity index (χ3n) is 3.27. The van der Waals surface area contributed by atoms with Crippen LogP contribution < -0.4 is 16.4 Å². The van der Waals surface area contributed by atoms with Gasteiger partial charge in [0.25, 0.3) is 0 Å². The molecule has 5 heteroatoms. The van der Waals surface area contributed by atoms with Crippen molar-refractivity contribution in [2.75, 3.05) is 17.2 Å². The van der Waals surface area contributed by atoms with E-state index in [1.54, 1.807) is 24.3 Å². The molecule has 0 unspecified atom stereocenters. The zero-order valence-corrected chi connectivity index (χ0v) is 12.4. The van der Waals surface area contributed by atoms with Gasteiger partial charge in [-0.25, -0.2) is 0 Å². The van der Waals surface area contributed by atoms with Crippen LogP contribution in [0.25, 0.3) is 0 Å². The van der Waals surface area contributed by atoms with Gasteiger partial charge in [-0.05, 0) is 48.4 Å². The second kappa shape index (κ2) is 7.26. The van der Waals surface area contributed by atoms with Crippen molar-refractivity contribution in [3.63, 3.8) is 0 Å². The summed E-state index contributed by atoms with van der Waals surface area (Å²) >= 11 is 0. The van der Waals surface area contributed by atoms with E-state index in [4.69, 9.17) is 5.73 Å². The van der Waals surface area contributed by atoms with Crippen LogP contribution in [-0.4, -0.2) is 18.4 Å². The highest BCUT2D eigenvalue weighted by Crippen LogP contribution is 2.11. The quantitative estimate of drug-likeness (QED) is 0.765. The van der Waals surface area contributed by atoms with Crippen LogP contribution in [0.4, 0.5) is 11.4 Å². The molecule has 2 aromatic rings. The predicted molar refractivity (Wildman–Crippen MR) is 87.9 cm³/mol. The van der Waals surface area contributed by atoms with E-state index in [2.05, 4.69) is 17.6 Å². The van der Waals surface area contributed by atoms with E-state index in [1.807, 2.05) is 24.3 Å². The van der Waals surface area contributed by atoms with Gasteiger partial charge in [0, 0.05) is 16.9 Å². The standard InChI is InChI=1S/C17H19N3O2/c1-2-12-3-7-15(8-4-12)20-16(21)11-19-14-9-5-13(6-10-14)17(18)22/h3-10,19H,2,11H2,1H3,(H2,18,22)(H,20,21). The molecule has 0 radical (unpaired) electrons. The normalized spacial score (nSPS) is 10.0. The van der Waals surface area contributed by atoms with Crippen molar-refractivity contribution in [2.24, 2.45) is 5.73 Å². The van der Waals surface area contributed by atoms with Crippen molar-refractivity contribution in [1.29, 1.82) is 0 Å². The first kappa shape index (κ1) is 15.6. The Hall–Kier alpha value is -2.82. The van der Waals surface area contributed by atoms with Gasteiger partial charge in [0.15, 0.2) is 0 Å². The monoisotopic (exact) mass is 297 g/mol. The van der Waals surface area contributed by atoms with Crippen LogP contribution in [0.2, 0.25) is 0 Å². The number of primary amides is 1. The molecule has 5 nitrogen and oxygen atoms in total. The van der Waals surface area contributed by atoms with Gasteiger partial charge in [0.1, 0.15) is 0 Å². The van der Waals surface area contributed by atoms with E-state index in [1.165, 1.54) is 5.56 Å². The van der Waals surface area contributed by atoms with E-state index >= 15 is 0 Å². The van der Waals surface area contributed by atoms with E-state index in [-0.39, 0.29) is 12.5 Å². The molecule has 0 saturated heterocycles. The molecule has 2 rings (SSSR count). The minimum Gasteiger partial charge on any atom is -0.376 e. The summed E-state index contributed by atoms with van der Waals surface area (Å²) in [7, 11) is 0. The minimum atomic E-state index is -0.472. The Kier molecular flexibility index (Phi) is 5.14. The van der Waals surface area contributed by atoms with E-state index < -0.39 is 5.91 Å². The number of carbonyl (C=O) groups excluding carboxylic acids is 2. The summed E-state index contributed by atoms with van der Waals surface area (Å²) in [5.41, 5.74) is 8.36. The van der Waals surface area contributed by atoms with Crippen LogP contribution in [0.1, 0.15) is 22.8 Å². The van der Waals surface area contributed by atoms with Gasteiger partial charge < -0.3 is 16.4 Å².